The molecule has 2 aliphatic heterocycles. The predicted octanol–water partition coefficient (Wildman–Crippen LogP) is 3.56. The average molecular weight is 337 g/mol. The van der Waals surface area contributed by atoms with Gasteiger partial charge in [-0.1, -0.05) is 17.7 Å². The van der Waals surface area contributed by atoms with Crippen LogP contribution in [-0.4, -0.2) is 36.0 Å². The van der Waals surface area contributed by atoms with Crippen molar-refractivity contribution in [2.45, 2.75) is 25.9 Å². The number of benzene rings is 2. The topological polar surface area (TPSA) is 55.8 Å². The summed E-state index contributed by atoms with van der Waals surface area (Å²) in [5, 5.41) is 0. The number of ether oxygens (including phenoxy) is 2. The molecule has 0 spiro atoms. The van der Waals surface area contributed by atoms with E-state index in [9.17, 15) is 9.59 Å². The monoisotopic (exact) mass is 337 g/mol. The molecule has 2 aliphatic rings. The fourth-order valence-corrected chi connectivity index (χ4v) is 3.23. The summed E-state index contributed by atoms with van der Waals surface area (Å²) >= 11 is 0. The second-order valence-corrected chi connectivity index (χ2v) is 6.48. The molecule has 0 radical (unpaired) electrons. The van der Waals surface area contributed by atoms with Gasteiger partial charge in [-0.3, -0.25) is 14.5 Å². The Morgan fingerprint density at radius 2 is 1.76 bits per heavy atom. The van der Waals surface area contributed by atoms with Crippen molar-refractivity contribution in [1.29, 1.82) is 0 Å². The van der Waals surface area contributed by atoms with Crippen LogP contribution >= 0.6 is 0 Å². The standard InChI is InChI=1S/C20H19NO4/c1-13-4-6-14(7-5-13)25-15-8-9-17-18(11-15)20(23)21(19(17)22)12-16-3-2-10-24-16/h4-9,11,16H,2-3,10,12H2,1H3. The molecule has 1 atom stereocenters. The van der Waals surface area contributed by atoms with Crippen LogP contribution in [0.15, 0.2) is 42.5 Å². The van der Waals surface area contributed by atoms with Crippen LogP contribution in [0.25, 0.3) is 0 Å². The molecule has 0 aliphatic carbocycles. The molecule has 2 heterocycles. The van der Waals surface area contributed by atoms with Gasteiger partial charge in [-0.2, -0.15) is 0 Å². The van der Waals surface area contributed by atoms with Crippen LogP contribution in [-0.2, 0) is 4.74 Å². The highest BCUT2D eigenvalue weighted by Crippen LogP contribution is 2.30. The molecule has 2 aromatic carbocycles. The van der Waals surface area contributed by atoms with Crippen LogP contribution in [0.4, 0.5) is 0 Å². The van der Waals surface area contributed by atoms with Crippen molar-refractivity contribution >= 4 is 11.8 Å². The molecular formula is C20H19NO4. The number of rotatable bonds is 4. The first-order chi connectivity index (χ1) is 12.1. The maximum absolute atomic E-state index is 12.6. The van der Waals surface area contributed by atoms with E-state index >= 15 is 0 Å². The van der Waals surface area contributed by atoms with E-state index in [1.54, 1.807) is 18.2 Å². The summed E-state index contributed by atoms with van der Waals surface area (Å²) < 4.78 is 11.4. The first kappa shape index (κ1) is 15.8. The second-order valence-electron chi connectivity index (χ2n) is 6.48. The largest absolute Gasteiger partial charge is 0.457 e. The Balaban J connectivity index is 1.55. The Morgan fingerprint density at radius 1 is 1.04 bits per heavy atom. The summed E-state index contributed by atoms with van der Waals surface area (Å²) in [6, 6.07) is 12.7. The van der Waals surface area contributed by atoms with Crippen molar-refractivity contribution in [1.82, 2.24) is 4.90 Å². The fourth-order valence-electron chi connectivity index (χ4n) is 3.23. The summed E-state index contributed by atoms with van der Waals surface area (Å²) in [4.78, 5) is 26.4. The summed E-state index contributed by atoms with van der Waals surface area (Å²) in [6.45, 7) is 3.02. The number of hydrogen-bond donors (Lipinski definition) is 0. The number of nitrogens with zero attached hydrogens (tertiary/aromatic N) is 1. The lowest BCUT2D eigenvalue weighted by atomic mass is 10.1. The van der Waals surface area contributed by atoms with Gasteiger partial charge in [0.05, 0.1) is 23.8 Å². The molecule has 4 rings (SSSR count). The minimum absolute atomic E-state index is 0.0505. The first-order valence-corrected chi connectivity index (χ1v) is 8.48. The highest BCUT2D eigenvalue weighted by molar-refractivity contribution is 6.21. The number of aryl methyl sites for hydroxylation is 1. The summed E-state index contributed by atoms with van der Waals surface area (Å²) in [5.74, 6) is 0.712. The maximum atomic E-state index is 12.6. The zero-order valence-electron chi connectivity index (χ0n) is 14.0. The third-order valence-corrected chi connectivity index (χ3v) is 4.61. The van der Waals surface area contributed by atoms with Gasteiger partial charge in [0.15, 0.2) is 0 Å². The average Bonchev–Trinajstić information content (AvgIpc) is 3.20. The van der Waals surface area contributed by atoms with Crippen molar-refractivity contribution in [3.05, 3.63) is 59.2 Å². The van der Waals surface area contributed by atoms with Gasteiger partial charge in [-0.15, -0.1) is 0 Å². The molecule has 0 N–H and O–H groups in total. The van der Waals surface area contributed by atoms with Gasteiger partial charge in [0.25, 0.3) is 11.8 Å². The zero-order valence-corrected chi connectivity index (χ0v) is 14.0. The van der Waals surface area contributed by atoms with E-state index in [1.807, 2.05) is 31.2 Å². The number of imide groups is 1. The van der Waals surface area contributed by atoms with Gasteiger partial charge in [0.2, 0.25) is 0 Å². The van der Waals surface area contributed by atoms with Gasteiger partial charge in [-0.05, 0) is 50.1 Å². The maximum Gasteiger partial charge on any atom is 0.261 e. The molecule has 0 bridgehead atoms. The minimum atomic E-state index is -0.273. The Morgan fingerprint density at radius 3 is 2.48 bits per heavy atom. The highest BCUT2D eigenvalue weighted by atomic mass is 16.5. The van der Waals surface area contributed by atoms with E-state index in [4.69, 9.17) is 9.47 Å². The van der Waals surface area contributed by atoms with Crippen LogP contribution in [0.1, 0.15) is 39.1 Å². The van der Waals surface area contributed by atoms with Gasteiger partial charge < -0.3 is 9.47 Å². The van der Waals surface area contributed by atoms with Crippen molar-refractivity contribution in [2.24, 2.45) is 0 Å². The SMILES string of the molecule is Cc1ccc(Oc2ccc3c(c2)C(=O)N(CC2CCCO2)C3=O)cc1. The molecule has 128 valence electrons. The molecule has 0 aromatic heterocycles. The van der Waals surface area contributed by atoms with Gasteiger partial charge in [0, 0.05) is 6.61 Å². The molecule has 5 nitrogen and oxygen atoms in total. The molecular weight excluding hydrogens is 318 g/mol. The van der Waals surface area contributed by atoms with E-state index in [1.165, 1.54) is 4.90 Å². The fraction of sp³-hybridized carbons (Fsp3) is 0.300. The number of fused-ring (bicyclic) bond motifs is 1. The summed E-state index contributed by atoms with van der Waals surface area (Å²) in [6.07, 6.45) is 1.81. The van der Waals surface area contributed by atoms with Gasteiger partial charge >= 0.3 is 0 Å². The van der Waals surface area contributed by atoms with Crippen LogP contribution in [0.5, 0.6) is 11.5 Å². The van der Waals surface area contributed by atoms with E-state index < -0.39 is 0 Å². The second kappa shape index (κ2) is 6.33. The summed E-state index contributed by atoms with van der Waals surface area (Å²) in [5.41, 5.74) is 1.97. The lowest BCUT2D eigenvalue weighted by molar-refractivity contribution is 0.0475. The van der Waals surface area contributed by atoms with E-state index in [0.717, 1.165) is 18.4 Å². The van der Waals surface area contributed by atoms with Crippen LogP contribution < -0.4 is 4.74 Å². The molecule has 1 saturated heterocycles. The normalized spacial score (nSPS) is 19.4. The predicted molar refractivity (Wildman–Crippen MR) is 92.0 cm³/mol. The van der Waals surface area contributed by atoms with Crippen molar-refractivity contribution in [3.63, 3.8) is 0 Å². The third-order valence-electron chi connectivity index (χ3n) is 4.61. The molecule has 2 amide bonds. The van der Waals surface area contributed by atoms with Crippen molar-refractivity contribution in [2.75, 3.05) is 13.2 Å². The lowest BCUT2D eigenvalue weighted by Crippen LogP contribution is -2.36. The quantitative estimate of drug-likeness (QED) is 0.801. The number of carbonyl (C=O) groups is 2. The lowest BCUT2D eigenvalue weighted by Gasteiger charge is -2.17. The Bertz CT molecular complexity index is 822. The Labute approximate surface area is 146 Å². The number of amides is 2. The first-order valence-electron chi connectivity index (χ1n) is 8.48. The Hall–Kier alpha value is -2.66. The van der Waals surface area contributed by atoms with Crippen molar-refractivity contribution in [3.8, 4) is 11.5 Å². The van der Waals surface area contributed by atoms with E-state index in [-0.39, 0.29) is 17.9 Å². The highest BCUT2D eigenvalue weighted by Gasteiger charge is 2.37. The van der Waals surface area contributed by atoms with E-state index in [0.29, 0.717) is 35.8 Å². The third kappa shape index (κ3) is 3.03. The molecule has 25 heavy (non-hydrogen) atoms. The van der Waals surface area contributed by atoms with Gasteiger partial charge in [0.1, 0.15) is 11.5 Å². The van der Waals surface area contributed by atoms with E-state index in [2.05, 4.69) is 0 Å². The van der Waals surface area contributed by atoms with Crippen LogP contribution in [0, 0.1) is 6.92 Å². The minimum Gasteiger partial charge on any atom is -0.457 e. The molecule has 5 heteroatoms. The summed E-state index contributed by atoms with van der Waals surface area (Å²) in [7, 11) is 0. The molecule has 1 fully saturated rings. The smallest absolute Gasteiger partial charge is 0.261 e. The van der Waals surface area contributed by atoms with Crippen LogP contribution in [0.2, 0.25) is 0 Å². The number of carbonyl (C=O) groups excluding carboxylic acids is 2. The van der Waals surface area contributed by atoms with Gasteiger partial charge in [-0.25, -0.2) is 0 Å². The molecule has 1 unspecified atom stereocenters. The zero-order chi connectivity index (χ0) is 17.4. The molecule has 0 saturated carbocycles. The number of hydrogen-bond acceptors (Lipinski definition) is 4. The van der Waals surface area contributed by atoms with Crippen molar-refractivity contribution < 1.29 is 19.1 Å². The molecule has 2 aromatic rings. The van der Waals surface area contributed by atoms with Crippen LogP contribution in [0.3, 0.4) is 0 Å². The Kier molecular flexibility index (Phi) is 4.01.